The summed E-state index contributed by atoms with van der Waals surface area (Å²) in [5, 5.41) is 3.03. The van der Waals surface area contributed by atoms with Gasteiger partial charge in [0.05, 0.1) is 0 Å². The number of aromatic nitrogens is 1. The molecule has 0 bridgehead atoms. The van der Waals surface area contributed by atoms with E-state index in [1.807, 2.05) is 18.7 Å². The van der Waals surface area contributed by atoms with Gasteiger partial charge in [0.1, 0.15) is 4.90 Å². The van der Waals surface area contributed by atoms with Crippen LogP contribution in [0.15, 0.2) is 17.2 Å². The molecule has 0 aliphatic rings. The number of aryl methyl sites for hydroxylation is 1. The van der Waals surface area contributed by atoms with E-state index in [1.54, 1.807) is 19.3 Å². The lowest BCUT2D eigenvalue weighted by Gasteiger charge is -2.17. The Kier molecular flexibility index (Phi) is 5.58. The van der Waals surface area contributed by atoms with E-state index in [4.69, 9.17) is 0 Å². The molecule has 0 spiro atoms. The highest BCUT2D eigenvalue weighted by atomic mass is 32.2. The summed E-state index contributed by atoms with van der Waals surface area (Å²) in [7, 11) is 1.98. The molecule has 6 heteroatoms. The van der Waals surface area contributed by atoms with Crippen LogP contribution in [0.2, 0.25) is 0 Å². The number of rotatable bonds is 7. The predicted octanol–water partition coefficient (Wildman–Crippen LogP) is 1.41. The Morgan fingerprint density at radius 2 is 2.05 bits per heavy atom. The van der Waals surface area contributed by atoms with Gasteiger partial charge in [-0.3, -0.25) is 0 Å². The molecular formula is C13H25N3O2S. The maximum absolute atomic E-state index is 12.4. The average molecular weight is 287 g/mol. The van der Waals surface area contributed by atoms with Crippen molar-refractivity contribution in [3.05, 3.63) is 18.0 Å². The summed E-state index contributed by atoms with van der Waals surface area (Å²) < 4.78 is 28.1. The van der Waals surface area contributed by atoms with Crippen molar-refractivity contribution in [2.45, 2.75) is 31.7 Å². The summed E-state index contributed by atoms with van der Waals surface area (Å²) in [6, 6.07) is 1.73. The molecule has 0 unspecified atom stereocenters. The second-order valence-electron chi connectivity index (χ2n) is 5.32. The van der Waals surface area contributed by atoms with Crippen LogP contribution in [0.4, 0.5) is 0 Å². The molecule has 1 aromatic rings. The molecule has 0 radical (unpaired) electrons. The Morgan fingerprint density at radius 3 is 2.58 bits per heavy atom. The van der Waals surface area contributed by atoms with Crippen LogP contribution in [0, 0.1) is 5.92 Å². The maximum atomic E-state index is 12.4. The first-order valence-corrected chi connectivity index (χ1v) is 7.99. The van der Waals surface area contributed by atoms with Crippen molar-refractivity contribution in [1.29, 1.82) is 0 Å². The lowest BCUT2D eigenvalue weighted by atomic mass is 10.1. The third-order valence-corrected chi connectivity index (χ3v) is 4.99. The van der Waals surface area contributed by atoms with Crippen molar-refractivity contribution >= 4 is 10.0 Å². The molecule has 0 aliphatic heterocycles. The molecule has 0 saturated carbocycles. The first-order valence-electron chi connectivity index (χ1n) is 6.55. The van der Waals surface area contributed by atoms with E-state index in [9.17, 15) is 8.42 Å². The minimum Gasteiger partial charge on any atom is -0.352 e. The summed E-state index contributed by atoms with van der Waals surface area (Å²) in [6.07, 6.45) is 2.54. The van der Waals surface area contributed by atoms with E-state index >= 15 is 0 Å². The Balaban J connectivity index is 2.90. The minimum absolute atomic E-state index is 0.367. The van der Waals surface area contributed by atoms with Crippen molar-refractivity contribution in [3.8, 4) is 0 Å². The van der Waals surface area contributed by atoms with Crippen molar-refractivity contribution in [2.24, 2.45) is 13.0 Å². The molecule has 0 fully saturated rings. The standard InChI is InChI=1S/C13H25N3O2S/c1-11(2)6-7-16(5)19(17,18)13-8-12(9-14-3)15(4)10-13/h8,10-11,14H,6-7,9H2,1-5H3. The number of sulfonamides is 1. The maximum Gasteiger partial charge on any atom is 0.244 e. The van der Waals surface area contributed by atoms with Crippen LogP contribution in [0.1, 0.15) is 26.0 Å². The second-order valence-corrected chi connectivity index (χ2v) is 7.36. The summed E-state index contributed by atoms with van der Waals surface area (Å²) in [5.41, 5.74) is 0.957. The van der Waals surface area contributed by atoms with Gasteiger partial charge >= 0.3 is 0 Å². The fourth-order valence-electron chi connectivity index (χ4n) is 1.82. The Bertz CT molecular complexity index is 506. The molecule has 1 N–H and O–H groups in total. The number of nitrogens with zero attached hydrogens (tertiary/aromatic N) is 2. The largest absolute Gasteiger partial charge is 0.352 e. The monoisotopic (exact) mass is 287 g/mol. The van der Waals surface area contributed by atoms with Gasteiger partial charge in [-0.25, -0.2) is 12.7 Å². The number of hydrogen-bond acceptors (Lipinski definition) is 3. The third kappa shape index (κ3) is 4.06. The van der Waals surface area contributed by atoms with Crippen molar-refractivity contribution < 1.29 is 8.42 Å². The van der Waals surface area contributed by atoms with Crippen LogP contribution in [-0.2, 0) is 23.6 Å². The van der Waals surface area contributed by atoms with Crippen molar-refractivity contribution in [2.75, 3.05) is 20.6 Å². The Labute approximate surface area is 116 Å². The fourth-order valence-corrected chi connectivity index (χ4v) is 3.10. The van der Waals surface area contributed by atoms with Crippen LogP contribution in [-0.4, -0.2) is 37.9 Å². The molecule has 19 heavy (non-hydrogen) atoms. The highest BCUT2D eigenvalue weighted by Gasteiger charge is 2.22. The van der Waals surface area contributed by atoms with Gasteiger partial charge in [0.15, 0.2) is 0 Å². The second kappa shape index (κ2) is 6.54. The number of nitrogens with one attached hydrogen (secondary N) is 1. The zero-order chi connectivity index (χ0) is 14.6. The Hall–Kier alpha value is -0.850. The smallest absolute Gasteiger partial charge is 0.244 e. The zero-order valence-corrected chi connectivity index (χ0v) is 13.3. The van der Waals surface area contributed by atoms with E-state index in [1.165, 1.54) is 4.31 Å². The third-order valence-electron chi connectivity index (χ3n) is 3.17. The molecule has 0 saturated heterocycles. The first kappa shape index (κ1) is 16.2. The molecule has 1 heterocycles. The van der Waals surface area contributed by atoms with E-state index in [0.29, 0.717) is 23.9 Å². The Morgan fingerprint density at radius 1 is 1.42 bits per heavy atom. The quantitative estimate of drug-likeness (QED) is 0.825. The average Bonchev–Trinajstić information content (AvgIpc) is 2.69. The van der Waals surface area contributed by atoms with Crippen molar-refractivity contribution in [3.63, 3.8) is 0 Å². The highest BCUT2D eigenvalue weighted by molar-refractivity contribution is 7.89. The molecule has 0 aliphatic carbocycles. The molecule has 1 rings (SSSR count). The first-order chi connectivity index (χ1) is 8.78. The SMILES string of the molecule is CNCc1cc(S(=O)(=O)N(C)CCC(C)C)cn1C. The number of hydrogen-bond donors (Lipinski definition) is 1. The predicted molar refractivity (Wildman–Crippen MR) is 77.4 cm³/mol. The van der Waals surface area contributed by atoms with Gasteiger partial charge in [-0.1, -0.05) is 13.8 Å². The summed E-state index contributed by atoms with van der Waals surface area (Å²) in [5.74, 6) is 0.494. The van der Waals surface area contributed by atoms with Crippen LogP contribution < -0.4 is 5.32 Å². The van der Waals surface area contributed by atoms with Crippen LogP contribution in [0.3, 0.4) is 0 Å². The summed E-state index contributed by atoms with van der Waals surface area (Å²) >= 11 is 0. The molecular weight excluding hydrogens is 262 g/mol. The van der Waals surface area contributed by atoms with Crippen LogP contribution >= 0.6 is 0 Å². The molecule has 0 amide bonds. The fraction of sp³-hybridized carbons (Fsp3) is 0.692. The molecule has 1 aromatic heterocycles. The molecule has 5 nitrogen and oxygen atoms in total. The zero-order valence-electron chi connectivity index (χ0n) is 12.5. The molecule has 0 aromatic carbocycles. The van der Waals surface area contributed by atoms with Gasteiger partial charge in [0.2, 0.25) is 10.0 Å². The molecule has 0 atom stereocenters. The summed E-state index contributed by atoms with van der Waals surface area (Å²) in [6.45, 7) is 5.39. The molecule has 110 valence electrons. The lowest BCUT2D eigenvalue weighted by Crippen LogP contribution is -2.28. The van der Waals surface area contributed by atoms with E-state index in [2.05, 4.69) is 19.2 Å². The highest BCUT2D eigenvalue weighted by Crippen LogP contribution is 2.18. The van der Waals surface area contributed by atoms with E-state index < -0.39 is 10.0 Å². The summed E-state index contributed by atoms with van der Waals surface area (Å²) in [4.78, 5) is 0.367. The van der Waals surface area contributed by atoms with Gasteiger partial charge in [-0.2, -0.15) is 0 Å². The van der Waals surface area contributed by atoms with Gasteiger partial charge in [-0.15, -0.1) is 0 Å². The van der Waals surface area contributed by atoms with Crippen LogP contribution in [0.25, 0.3) is 0 Å². The minimum atomic E-state index is -3.37. The normalized spacial score (nSPS) is 12.6. The van der Waals surface area contributed by atoms with E-state index in [-0.39, 0.29) is 0 Å². The van der Waals surface area contributed by atoms with Gasteiger partial charge < -0.3 is 9.88 Å². The van der Waals surface area contributed by atoms with Crippen LogP contribution in [0.5, 0.6) is 0 Å². The van der Waals surface area contributed by atoms with Gasteiger partial charge in [0.25, 0.3) is 0 Å². The lowest BCUT2D eigenvalue weighted by molar-refractivity contribution is 0.428. The van der Waals surface area contributed by atoms with Gasteiger partial charge in [-0.05, 0) is 25.5 Å². The van der Waals surface area contributed by atoms with E-state index in [0.717, 1.165) is 12.1 Å². The van der Waals surface area contributed by atoms with Gasteiger partial charge in [0, 0.05) is 39.1 Å². The van der Waals surface area contributed by atoms with Crippen molar-refractivity contribution in [1.82, 2.24) is 14.2 Å². The topological polar surface area (TPSA) is 54.3 Å².